The fraction of sp³-hybridized carbons (Fsp3) is 0.192. The van der Waals surface area contributed by atoms with E-state index < -0.39 is 0 Å². The zero-order chi connectivity index (χ0) is 35.2. The largest absolute Gasteiger partial charge is 0.310 e. The average molecular weight is 684 g/mol. The quantitative estimate of drug-likeness (QED) is 0.154. The second-order valence-corrected chi connectivity index (χ2v) is 16.0. The fourth-order valence-electron chi connectivity index (χ4n) is 10.5. The smallest absolute Gasteiger partial charge is 0.0540 e. The highest BCUT2D eigenvalue weighted by atomic mass is 15.1. The second kappa shape index (κ2) is 13.4. The van der Waals surface area contributed by atoms with Crippen LogP contribution in [0.4, 0.5) is 17.1 Å². The van der Waals surface area contributed by atoms with Gasteiger partial charge in [0.2, 0.25) is 0 Å². The van der Waals surface area contributed by atoms with Gasteiger partial charge in [0.05, 0.1) is 5.69 Å². The van der Waals surface area contributed by atoms with Crippen LogP contribution in [0.25, 0.3) is 44.5 Å². The van der Waals surface area contributed by atoms with E-state index in [2.05, 4.69) is 187 Å². The second-order valence-electron chi connectivity index (χ2n) is 16.0. The predicted molar refractivity (Wildman–Crippen MR) is 223 cm³/mol. The molecule has 1 heteroatoms. The van der Waals surface area contributed by atoms with Crippen molar-refractivity contribution in [2.45, 2.75) is 43.9 Å². The van der Waals surface area contributed by atoms with Gasteiger partial charge in [0.25, 0.3) is 0 Å². The molecule has 0 spiro atoms. The summed E-state index contributed by atoms with van der Waals surface area (Å²) in [7, 11) is 0. The Hall–Kier alpha value is -5.66. The maximum absolute atomic E-state index is 2.50. The lowest BCUT2D eigenvalue weighted by Gasteiger charge is -2.57. The van der Waals surface area contributed by atoms with Gasteiger partial charge in [-0.05, 0) is 143 Å². The Morgan fingerprint density at radius 2 is 0.736 bits per heavy atom. The molecular formula is C52H45N. The Labute approximate surface area is 314 Å². The van der Waals surface area contributed by atoms with Crippen LogP contribution < -0.4 is 4.90 Å². The molecule has 0 N–H and O–H groups in total. The molecule has 4 aliphatic carbocycles. The van der Waals surface area contributed by atoms with Gasteiger partial charge in [-0.1, -0.05) is 146 Å². The minimum absolute atomic E-state index is 0.384. The van der Waals surface area contributed by atoms with Crippen LogP contribution in [0.5, 0.6) is 0 Å². The summed E-state index contributed by atoms with van der Waals surface area (Å²) in [4.78, 5) is 2.45. The molecule has 4 aliphatic rings. The molecule has 0 aliphatic heterocycles. The van der Waals surface area contributed by atoms with Crippen molar-refractivity contribution in [1.82, 2.24) is 0 Å². The molecule has 0 saturated heterocycles. The molecule has 4 bridgehead atoms. The number of hydrogen-bond donors (Lipinski definition) is 0. The number of benzene rings is 7. The van der Waals surface area contributed by atoms with E-state index in [1.807, 2.05) is 0 Å². The summed E-state index contributed by atoms with van der Waals surface area (Å²) in [6, 6.07) is 67.2. The van der Waals surface area contributed by atoms with Crippen LogP contribution in [0.2, 0.25) is 0 Å². The van der Waals surface area contributed by atoms with E-state index in [1.165, 1.54) is 88.7 Å². The Bertz CT molecular complexity index is 2200. The van der Waals surface area contributed by atoms with Gasteiger partial charge in [-0.2, -0.15) is 0 Å². The van der Waals surface area contributed by atoms with Crippen LogP contribution in [0.15, 0.2) is 182 Å². The molecule has 0 atom stereocenters. The van der Waals surface area contributed by atoms with Gasteiger partial charge in [0, 0.05) is 16.9 Å². The molecule has 0 unspecified atom stereocenters. The Morgan fingerprint density at radius 1 is 0.358 bits per heavy atom. The van der Waals surface area contributed by atoms with Gasteiger partial charge in [0.1, 0.15) is 0 Å². The van der Waals surface area contributed by atoms with Gasteiger partial charge < -0.3 is 4.90 Å². The molecule has 53 heavy (non-hydrogen) atoms. The maximum atomic E-state index is 2.50. The van der Waals surface area contributed by atoms with E-state index in [0.717, 1.165) is 29.1 Å². The Balaban J connectivity index is 1.10. The van der Waals surface area contributed by atoms with Crippen LogP contribution in [0, 0.1) is 17.8 Å². The van der Waals surface area contributed by atoms with Gasteiger partial charge >= 0.3 is 0 Å². The lowest BCUT2D eigenvalue weighted by atomic mass is 9.48. The Morgan fingerprint density at radius 3 is 1.19 bits per heavy atom. The molecule has 0 aromatic heterocycles. The molecule has 7 aromatic carbocycles. The topological polar surface area (TPSA) is 3.24 Å². The van der Waals surface area contributed by atoms with Crippen LogP contribution in [0.1, 0.15) is 44.1 Å². The first-order chi connectivity index (χ1) is 26.2. The molecule has 1 nitrogen and oxygen atoms in total. The first kappa shape index (κ1) is 32.0. The summed E-state index contributed by atoms with van der Waals surface area (Å²) in [5.41, 5.74) is 15.3. The summed E-state index contributed by atoms with van der Waals surface area (Å²) in [6.45, 7) is 0. The van der Waals surface area contributed by atoms with Crippen molar-refractivity contribution < 1.29 is 0 Å². The summed E-state index contributed by atoms with van der Waals surface area (Å²) in [6.07, 6.45) is 8.58. The van der Waals surface area contributed by atoms with Crippen molar-refractivity contribution in [3.8, 4) is 44.5 Å². The highest BCUT2D eigenvalue weighted by Gasteiger charge is 2.51. The van der Waals surface area contributed by atoms with Crippen molar-refractivity contribution in [2.75, 3.05) is 4.90 Å². The Kier molecular flexibility index (Phi) is 8.09. The number of anilines is 3. The van der Waals surface area contributed by atoms with Crippen molar-refractivity contribution in [2.24, 2.45) is 17.8 Å². The molecule has 7 aromatic rings. The van der Waals surface area contributed by atoms with Gasteiger partial charge in [-0.25, -0.2) is 0 Å². The standard InChI is InChI=1S/C52H45N/c1-4-10-40(11-5-1)43-18-25-48(26-19-43)53(49-27-20-44(21-28-49)41-12-6-2-7-13-41)51-29-22-46(42-14-8-3-9-15-42)33-50(51)45-16-23-47(24-17-45)52-34-37-30-38(35-52)32-39(31-37)36-52/h1-29,33,37-39H,30-32,34-36H2. The average Bonchev–Trinajstić information content (AvgIpc) is 3.22. The molecular weight excluding hydrogens is 639 g/mol. The number of nitrogens with zero attached hydrogens (tertiary/aromatic N) is 1. The maximum Gasteiger partial charge on any atom is 0.0540 e. The predicted octanol–water partition coefficient (Wildman–Crippen LogP) is 14.3. The van der Waals surface area contributed by atoms with E-state index in [4.69, 9.17) is 0 Å². The van der Waals surface area contributed by atoms with Crippen molar-refractivity contribution in [1.29, 1.82) is 0 Å². The zero-order valence-electron chi connectivity index (χ0n) is 30.2. The normalized spacial score (nSPS) is 21.4. The fourth-order valence-corrected chi connectivity index (χ4v) is 10.5. The van der Waals surface area contributed by atoms with Gasteiger partial charge in [-0.15, -0.1) is 0 Å². The lowest BCUT2D eigenvalue weighted by molar-refractivity contribution is -0.00518. The highest BCUT2D eigenvalue weighted by molar-refractivity contribution is 5.91. The molecule has 258 valence electrons. The van der Waals surface area contributed by atoms with Gasteiger partial charge in [0.15, 0.2) is 0 Å². The van der Waals surface area contributed by atoms with Crippen molar-refractivity contribution in [3.05, 3.63) is 188 Å². The molecule has 4 saturated carbocycles. The van der Waals surface area contributed by atoms with E-state index in [1.54, 1.807) is 5.56 Å². The van der Waals surface area contributed by atoms with Crippen molar-refractivity contribution in [3.63, 3.8) is 0 Å². The third-order valence-electron chi connectivity index (χ3n) is 12.7. The first-order valence-corrected chi connectivity index (χ1v) is 19.6. The van der Waals surface area contributed by atoms with Gasteiger partial charge in [-0.3, -0.25) is 0 Å². The SMILES string of the molecule is c1ccc(-c2ccc(N(c3ccc(-c4ccccc4)cc3)c3ccc(-c4ccccc4)cc3-c3ccc(C45CC6CC(CC(C6)C4)C5)cc3)cc2)cc1. The molecule has 4 fully saturated rings. The first-order valence-electron chi connectivity index (χ1n) is 19.6. The third-order valence-corrected chi connectivity index (χ3v) is 12.7. The number of rotatable bonds is 8. The van der Waals surface area contributed by atoms with Crippen molar-refractivity contribution >= 4 is 17.1 Å². The van der Waals surface area contributed by atoms with E-state index in [-0.39, 0.29) is 0 Å². The summed E-state index contributed by atoms with van der Waals surface area (Å²) in [5.74, 6) is 2.81. The number of hydrogen-bond acceptors (Lipinski definition) is 1. The molecule has 0 heterocycles. The minimum Gasteiger partial charge on any atom is -0.310 e. The third kappa shape index (κ3) is 6.09. The zero-order valence-corrected chi connectivity index (χ0v) is 30.2. The molecule has 11 rings (SSSR count). The summed E-state index contributed by atoms with van der Waals surface area (Å²) >= 11 is 0. The monoisotopic (exact) mass is 683 g/mol. The van der Waals surface area contributed by atoms with E-state index in [0.29, 0.717) is 5.41 Å². The molecule has 0 radical (unpaired) electrons. The van der Waals surface area contributed by atoms with Crippen LogP contribution >= 0.6 is 0 Å². The van der Waals surface area contributed by atoms with Crippen LogP contribution in [-0.2, 0) is 5.41 Å². The minimum atomic E-state index is 0.384. The van der Waals surface area contributed by atoms with Crippen LogP contribution in [-0.4, -0.2) is 0 Å². The van der Waals surface area contributed by atoms with E-state index >= 15 is 0 Å². The van der Waals surface area contributed by atoms with Crippen LogP contribution in [0.3, 0.4) is 0 Å². The lowest BCUT2D eigenvalue weighted by Crippen LogP contribution is -2.48. The van der Waals surface area contributed by atoms with E-state index in [9.17, 15) is 0 Å². The summed E-state index contributed by atoms with van der Waals surface area (Å²) < 4.78 is 0. The highest BCUT2D eigenvalue weighted by Crippen LogP contribution is 2.61. The summed E-state index contributed by atoms with van der Waals surface area (Å²) in [5, 5.41) is 0. The molecule has 0 amide bonds.